The zero-order valence-corrected chi connectivity index (χ0v) is 7.61. The minimum Gasteiger partial charge on any atom is -0.480 e. The molecule has 0 bridgehead atoms. The van der Waals surface area contributed by atoms with Crippen molar-refractivity contribution in [1.82, 2.24) is 0 Å². The van der Waals surface area contributed by atoms with Crippen LogP contribution in [0.25, 0.3) is 0 Å². The fourth-order valence-corrected chi connectivity index (χ4v) is 0.852. The van der Waals surface area contributed by atoms with Gasteiger partial charge in [0.1, 0.15) is 6.61 Å². The second kappa shape index (κ2) is 4.29. The van der Waals surface area contributed by atoms with E-state index in [2.05, 4.69) is 4.74 Å². The lowest BCUT2D eigenvalue weighted by atomic mass is 10.3. The van der Waals surface area contributed by atoms with E-state index in [9.17, 15) is 22.4 Å². The minimum absolute atomic E-state index is 0.0608. The number of hydrogen-bond donors (Lipinski definition) is 0. The monoisotopic (exact) mass is 222 g/mol. The molecule has 0 fully saturated rings. The molecule has 0 radical (unpaired) electrons. The van der Waals surface area contributed by atoms with Gasteiger partial charge in [-0.1, -0.05) is 0 Å². The lowest BCUT2D eigenvalue weighted by molar-refractivity contribution is -0.119. The zero-order chi connectivity index (χ0) is 11.6. The first kappa shape index (κ1) is 11.5. The number of carbonyl (C=O) groups is 1. The molecule has 0 unspecified atom stereocenters. The SMILES string of the molecule is CC(=O)COc1c(F)c(F)cc(F)c1F. The third-order valence-electron chi connectivity index (χ3n) is 1.49. The Morgan fingerprint density at radius 3 is 2.07 bits per heavy atom. The Balaban J connectivity index is 3.09. The van der Waals surface area contributed by atoms with Crippen molar-refractivity contribution in [3.05, 3.63) is 29.3 Å². The molecule has 1 rings (SSSR count). The smallest absolute Gasteiger partial charge is 0.203 e. The van der Waals surface area contributed by atoms with E-state index in [0.29, 0.717) is 0 Å². The average molecular weight is 222 g/mol. The van der Waals surface area contributed by atoms with Crippen LogP contribution in [-0.2, 0) is 4.79 Å². The van der Waals surface area contributed by atoms with Crippen LogP contribution in [0, 0.1) is 23.3 Å². The standard InChI is InChI=1S/C9H6F4O2/c1-4(14)3-15-9-7(12)5(10)2-6(11)8(9)13/h2H,3H2,1H3. The second-order valence-corrected chi connectivity index (χ2v) is 2.79. The van der Waals surface area contributed by atoms with Gasteiger partial charge in [0.05, 0.1) is 0 Å². The zero-order valence-electron chi connectivity index (χ0n) is 7.61. The van der Waals surface area contributed by atoms with Gasteiger partial charge in [-0.3, -0.25) is 4.79 Å². The topological polar surface area (TPSA) is 26.3 Å². The minimum atomic E-state index is -1.66. The summed E-state index contributed by atoms with van der Waals surface area (Å²) in [4.78, 5) is 10.5. The van der Waals surface area contributed by atoms with E-state index in [1.807, 2.05) is 0 Å². The van der Waals surface area contributed by atoms with Crippen molar-refractivity contribution in [3.63, 3.8) is 0 Å². The van der Waals surface area contributed by atoms with Crippen molar-refractivity contribution >= 4 is 5.78 Å². The maximum absolute atomic E-state index is 12.9. The van der Waals surface area contributed by atoms with Gasteiger partial charge in [-0.25, -0.2) is 8.78 Å². The summed E-state index contributed by atoms with van der Waals surface area (Å²) in [6.07, 6.45) is 0. The van der Waals surface area contributed by atoms with Crippen LogP contribution in [0.15, 0.2) is 6.07 Å². The Labute approximate surface area is 82.5 Å². The molecule has 15 heavy (non-hydrogen) atoms. The average Bonchev–Trinajstić information content (AvgIpc) is 2.14. The van der Waals surface area contributed by atoms with Crippen LogP contribution >= 0.6 is 0 Å². The maximum Gasteiger partial charge on any atom is 0.203 e. The van der Waals surface area contributed by atoms with E-state index in [1.54, 1.807) is 0 Å². The van der Waals surface area contributed by atoms with E-state index in [1.165, 1.54) is 0 Å². The summed E-state index contributed by atoms with van der Waals surface area (Å²) in [5.74, 6) is -8.22. The molecule has 1 aromatic rings. The molecule has 1 aromatic carbocycles. The van der Waals surface area contributed by atoms with Crippen molar-refractivity contribution in [3.8, 4) is 5.75 Å². The first-order valence-corrected chi connectivity index (χ1v) is 3.88. The summed E-state index contributed by atoms with van der Waals surface area (Å²) in [5, 5.41) is 0. The highest BCUT2D eigenvalue weighted by Gasteiger charge is 2.20. The van der Waals surface area contributed by atoms with Gasteiger partial charge in [0.15, 0.2) is 23.2 Å². The first-order valence-electron chi connectivity index (χ1n) is 3.88. The Morgan fingerprint density at radius 1 is 1.20 bits per heavy atom. The number of rotatable bonds is 3. The van der Waals surface area contributed by atoms with Crippen LogP contribution in [0.3, 0.4) is 0 Å². The quantitative estimate of drug-likeness (QED) is 0.579. The predicted molar refractivity (Wildman–Crippen MR) is 42.5 cm³/mol. The van der Waals surface area contributed by atoms with Gasteiger partial charge in [0, 0.05) is 6.07 Å². The Hall–Kier alpha value is -1.59. The molecule has 0 saturated heterocycles. The number of carbonyl (C=O) groups excluding carboxylic acids is 1. The van der Waals surface area contributed by atoms with Crippen LogP contribution in [0.4, 0.5) is 17.6 Å². The molecule has 0 N–H and O–H groups in total. The van der Waals surface area contributed by atoms with Gasteiger partial charge in [0.25, 0.3) is 0 Å². The lowest BCUT2D eigenvalue weighted by Crippen LogP contribution is -2.10. The Bertz CT molecular complexity index is 377. The van der Waals surface area contributed by atoms with Crippen molar-refractivity contribution in [2.24, 2.45) is 0 Å². The number of Topliss-reactive ketones (excluding diaryl/α,β-unsaturated/α-hetero) is 1. The molecule has 0 atom stereocenters. The van der Waals surface area contributed by atoms with Gasteiger partial charge in [-0.15, -0.1) is 0 Å². The maximum atomic E-state index is 12.9. The summed E-state index contributed by atoms with van der Waals surface area (Å²) < 4.78 is 55.3. The molecule has 0 aliphatic carbocycles. The Morgan fingerprint density at radius 2 is 1.67 bits per heavy atom. The van der Waals surface area contributed by atoms with Gasteiger partial charge < -0.3 is 4.74 Å². The molecule has 0 aliphatic rings. The summed E-state index contributed by atoms with van der Waals surface area (Å²) in [7, 11) is 0. The van der Waals surface area contributed by atoms with Crippen molar-refractivity contribution in [1.29, 1.82) is 0 Å². The normalized spacial score (nSPS) is 10.2. The van der Waals surface area contributed by atoms with E-state index < -0.39 is 41.4 Å². The van der Waals surface area contributed by atoms with E-state index in [4.69, 9.17) is 0 Å². The summed E-state index contributed by atoms with van der Waals surface area (Å²) in [6, 6.07) is 0.0608. The van der Waals surface area contributed by atoms with E-state index in [-0.39, 0.29) is 6.07 Å². The fourth-order valence-electron chi connectivity index (χ4n) is 0.852. The molecule has 82 valence electrons. The van der Waals surface area contributed by atoms with Crippen LogP contribution < -0.4 is 4.74 Å². The third-order valence-corrected chi connectivity index (χ3v) is 1.49. The van der Waals surface area contributed by atoms with Crippen LogP contribution in [-0.4, -0.2) is 12.4 Å². The van der Waals surface area contributed by atoms with Crippen molar-refractivity contribution in [2.45, 2.75) is 6.92 Å². The number of halogens is 4. The fraction of sp³-hybridized carbons (Fsp3) is 0.222. The molecule has 2 nitrogen and oxygen atoms in total. The molecule has 0 heterocycles. The summed E-state index contributed by atoms with van der Waals surface area (Å²) in [5.41, 5.74) is 0. The highest BCUT2D eigenvalue weighted by atomic mass is 19.2. The number of ether oxygens (including phenoxy) is 1. The van der Waals surface area contributed by atoms with Crippen molar-refractivity contribution < 1.29 is 27.1 Å². The molecule has 0 amide bonds. The van der Waals surface area contributed by atoms with Gasteiger partial charge in [-0.05, 0) is 6.92 Å². The third kappa shape index (κ3) is 2.45. The molecule has 0 aromatic heterocycles. The number of benzene rings is 1. The molecule has 0 saturated carbocycles. The molecule has 0 spiro atoms. The van der Waals surface area contributed by atoms with Crippen LogP contribution in [0.1, 0.15) is 6.92 Å². The molecule has 6 heteroatoms. The number of ketones is 1. The summed E-state index contributed by atoms with van der Waals surface area (Å²) in [6.45, 7) is 0.447. The Kier molecular flexibility index (Phi) is 3.28. The van der Waals surface area contributed by atoms with Crippen LogP contribution in [0.5, 0.6) is 5.75 Å². The molecular weight excluding hydrogens is 216 g/mol. The predicted octanol–water partition coefficient (Wildman–Crippen LogP) is 2.21. The van der Waals surface area contributed by atoms with Gasteiger partial charge in [-0.2, -0.15) is 8.78 Å². The highest BCUT2D eigenvalue weighted by Crippen LogP contribution is 2.26. The van der Waals surface area contributed by atoms with Gasteiger partial charge >= 0.3 is 0 Å². The van der Waals surface area contributed by atoms with Crippen LogP contribution in [0.2, 0.25) is 0 Å². The van der Waals surface area contributed by atoms with E-state index in [0.717, 1.165) is 6.92 Å². The molecular formula is C9H6F4O2. The highest BCUT2D eigenvalue weighted by molar-refractivity contribution is 5.77. The number of hydrogen-bond acceptors (Lipinski definition) is 2. The first-order chi connectivity index (χ1) is 6.93. The molecule has 0 aliphatic heterocycles. The lowest BCUT2D eigenvalue weighted by Gasteiger charge is -2.07. The largest absolute Gasteiger partial charge is 0.480 e. The second-order valence-electron chi connectivity index (χ2n) is 2.79. The van der Waals surface area contributed by atoms with E-state index >= 15 is 0 Å². The van der Waals surface area contributed by atoms with Crippen molar-refractivity contribution in [2.75, 3.05) is 6.61 Å². The summed E-state index contributed by atoms with van der Waals surface area (Å²) >= 11 is 0. The van der Waals surface area contributed by atoms with Gasteiger partial charge in [0.2, 0.25) is 11.6 Å².